The molecule has 0 spiro atoms. The van der Waals surface area contributed by atoms with Crippen molar-refractivity contribution in [3.8, 4) is 0 Å². The van der Waals surface area contributed by atoms with Gasteiger partial charge in [0.05, 0.1) is 6.10 Å². The molecule has 0 aromatic rings. The zero-order chi connectivity index (χ0) is 20.4. The van der Waals surface area contributed by atoms with Crippen molar-refractivity contribution in [2.24, 2.45) is 0 Å². The van der Waals surface area contributed by atoms with Crippen molar-refractivity contribution in [2.75, 3.05) is 0 Å². The molecule has 0 N–H and O–H groups in total. The molecule has 0 aliphatic rings. The maximum Gasteiger partial charge on any atom is 0.460 e. The molecule has 1 unspecified atom stereocenters. The van der Waals surface area contributed by atoms with Crippen LogP contribution in [-0.2, 0) is 9.53 Å². The Bertz CT molecular complexity index is 408. The van der Waals surface area contributed by atoms with E-state index in [1.54, 1.807) is 0 Å². The van der Waals surface area contributed by atoms with Gasteiger partial charge in [0, 0.05) is 0 Å². The average Bonchev–Trinajstić information content (AvgIpc) is 2.51. The summed E-state index contributed by atoms with van der Waals surface area (Å²) >= 11 is 0. The van der Waals surface area contributed by atoms with Crippen LogP contribution in [0.4, 0.5) is 30.7 Å². The second-order valence-corrected chi connectivity index (χ2v) is 6.48. The molecule has 0 saturated heterocycles. The molecule has 0 saturated carbocycles. The summed E-state index contributed by atoms with van der Waals surface area (Å²) < 4.78 is 91.8. The van der Waals surface area contributed by atoms with Crippen LogP contribution in [0.25, 0.3) is 0 Å². The molecule has 9 heteroatoms. The molecular weight excluding hydrogens is 369 g/mol. The van der Waals surface area contributed by atoms with Crippen LogP contribution in [0.5, 0.6) is 0 Å². The summed E-state index contributed by atoms with van der Waals surface area (Å²) in [6.07, 6.45) is 1.32. The lowest BCUT2D eigenvalue weighted by atomic mass is 10.1. The number of unbranched alkanes of at least 4 members (excludes halogenated alkanes) is 8. The maximum atomic E-state index is 13.1. The van der Waals surface area contributed by atoms with Gasteiger partial charge in [0.1, 0.15) is 0 Å². The van der Waals surface area contributed by atoms with Gasteiger partial charge in [-0.1, -0.05) is 58.3 Å². The number of esters is 1. The predicted molar refractivity (Wildman–Crippen MR) is 83.3 cm³/mol. The monoisotopic (exact) mass is 396 g/mol. The van der Waals surface area contributed by atoms with Crippen molar-refractivity contribution in [2.45, 2.75) is 102 Å². The van der Waals surface area contributed by atoms with Crippen molar-refractivity contribution in [1.29, 1.82) is 0 Å². The molecule has 0 aromatic carbocycles. The number of alkyl halides is 7. The highest BCUT2D eigenvalue weighted by molar-refractivity contribution is 5.79. The first-order valence-electron chi connectivity index (χ1n) is 8.91. The molecular formula is C17H27F7O2. The van der Waals surface area contributed by atoms with E-state index in [0.717, 1.165) is 38.5 Å². The van der Waals surface area contributed by atoms with Gasteiger partial charge in [-0.2, -0.15) is 30.7 Å². The Hall–Kier alpha value is -1.02. The average molecular weight is 396 g/mol. The molecule has 1 atom stereocenters. The van der Waals surface area contributed by atoms with E-state index in [1.165, 1.54) is 19.8 Å². The summed E-state index contributed by atoms with van der Waals surface area (Å²) in [7, 11) is 0. The van der Waals surface area contributed by atoms with Crippen LogP contribution in [0, 0.1) is 0 Å². The fourth-order valence-corrected chi connectivity index (χ4v) is 2.36. The summed E-state index contributed by atoms with van der Waals surface area (Å²) in [6, 6.07) is 0. The number of rotatable bonds is 13. The van der Waals surface area contributed by atoms with Gasteiger partial charge in [0.15, 0.2) is 0 Å². The molecule has 0 rings (SSSR count). The van der Waals surface area contributed by atoms with E-state index in [1.807, 2.05) is 0 Å². The molecule has 0 bridgehead atoms. The fourth-order valence-electron chi connectivity index (χ4n) is 2.36. The van der Waals surface area contributed by atoms with Crippen LogP contribution in [0.2, 0.25) is 0 Å². The first-order chi connectivity index (χ1) is 11.9. The third-order valence-corrected chi connectivity index (χ3v) is 4.03. The smallest absolute Gasteiger partial charge is 0.458 e. The lowest BCUT2D eigenvalue weighted by Gasteiger charge is -2.27. The second kappa shape index (κ2) is 11.0. The number of hydrogen-bond acceptors (Lipinski definition) is 2. The highest BCUT2D eigenvalue weighted by Crippen LogP contribution is 2.47. The lowest BCUT2D eigenvalue weighted by molar-refractivity contribution is -0.349. The summed E-state index contributed by atoms with van der Waals surface area (Å²) in [4.78, 5) is 11.1. The van der Waals surface area contributed by atoms with Gasteiger partial charge in [0.2, 0.25) is 0 Å². The summed E-state index contributed by atoms with van der Waals surface area (Å²) in [5.41, 5.74) is 0. The molecule has 156 valence electrons. The molecule has 0 aliphatic heterocycles. The zero-order valence-corrected chi connectivity index (χ0v) is 15.1. The van der Waals surface area contributed by atoms with E-state index < -0.39 is 30.1 Å². The molecule has 2 nitrogen and oxygen atoms in total. The molecule has 0 heterocycles. The van der Waals surface area contributed by atoms with Gasteiger partial charge in [-0.25, -0.2) is 4.79 Å². The molecule has 0 aromatic heterocycles. The minimum absolute atomic E-state index is 0.120. The van der Waals surface area contributed by atoms with E-state index in [0.29, 0.717) is 6.42 Å². The van der Waals surface area contributed by atoms with Crippen LogP contribution < -0.4 is 0 Å². The van der Waals surface area contributed by atoms with Crippen molar-refractivity contribution in [1.82, 2.24) is 0 Å². The number of ether oxygens (including phenoxy) is 1. The Morgan fingerprint density at radius 3 is 1.65 bits per heavy atom. The minimum Gasteiger partial charge on any atom is -0.458 e. The number of carbonyl (C=O) groups excluding carboxylic acids is 1. The highest BCUT2D eigenvalue weighted by Gasteiger charge is 2.77. The predicted octanol–water partition coefficient (Wildman–Crippen LogP) is 6.67. The number of carbonyl (C=O) groups is 1. The topological polar surface area (TPSA) is 26.3 Å². The van der Waals surface area contributed by atoms with Crippen molar-refractivity contribution in [3.63, 3.8) is 0 Å². The number of halogens is 7. The van der Waals surface area contributed by atoms with Gasteiger partial charge < -0.3 is 4.74 Å². The molecule has 0 fully saturated rings. The maximum absolute atomic E-state index is 13.1. The van der Waals surface area contributed by atoms with Crippen LogP contribution in [0.3, 0.4) is 0 Å². The Kier molecular flexibility index (Phi) is 10.5. The van der Waals surface area contributed by atoms with Crippen LogP contribution in [0.15, 0.2) is 0 Å². The van der Waals surface area contributed by atoms with Crippen LogP contribution >= 0.6 is 0 Å². The number of hydrogen-bond donors (Lipinski definition) is 0. The second-order valence-electron chi connectivity index (χ2n) is 6.48. The molecule has 0 amide bonds. The molecule has 0 radical (unpaired) electrons. The lowest BCUT2D eigenvalue weighted by Crippen LogP contribution is -2.57. The standard InChI is InChI=1S/C17H27F7O2/c1-3-4-5-6-7-8-9-10-11-12-13(2)26-14(25)15(18,19)16(20,21)17(22,23)24/h13H,3-12H2,1-2H3. The van der Waals surface area contributed by atoms with Gasteiger partial charge in [-0.15, -0.1) is 0 Å². The third-order valence-electron chi connectivity index (χ3n) is 4.03. The normalized spacial score (nSPS) is 14.3. The van der Waals surface area contributed by atoms with Gasteiger partial charge in [-0.3, -0.25) is 0 Å². The third kappa shape index (κ3) is 7.70. The van der Waals surface area contributed by atoms with E-state index in [9.17, 15) is 35.5 Å². The summed E-state index contributed by atoms with van der Waals surface area (Å²) in [5.74, 6) is -15.3. The Balaban J connectivity index is 4.13. The van der Waals surface area contributed by atoms with E-state index in [-0.39, 0.29) is 6.42 Å². The Morgan fingerprint density at radius 1 is 0.808 bits per heavy atom. The first kappa shape index (κ1) is 25.0. The highest BCUT2D eigenvalue weighted by atomic mass is 19.4. The fraction of sp³-hybridized carbons (Fsp3) is 0.941. The van der Waals surface area contributed by atoms with Crippen molar-refractivity contribution < 1.29 is 40.3 Å². The summed E-state index contributed by atoms with van der Waals surface area (Å²) in [6.45, 7) is 3.30. The van der Waals surface area contributed by atoms with Crippen LogP contribution in [-0.4, -0.2) is 30.1 Å². The van der Waals surface area contributed by atoms with Crippen LogP contribution in [0.1, 0.15) is 78.1 Å². The quantitative estimate of drug-likeness (QED) is 0.197. The first-order valence-corrected chi connectivity index (χ1v) is 8.91. The SMILES string of the molecule is CCCCCCCCCCCC(C)OC(=O)C(F)(F)C(F)(F)C(F)(F)F. The van der Waals surface area contributed by atoms with Gasteiger partial charge >= 0.3 is 24.0 Å². The van der Waals surface area contributed by atoms with E-state index in [4.69, 9.17) is 0 Å². The van der Waals surface area contributed by atoms with Gasteiger partial charge in [-0.05, 0) is 19.8 Å². The van der Waals surface area contributed by atoms with Gasteiger partial charge in [0.25, 0.3) is 0 Å². The van der Waals surface area contributed by atoms with Crippen molar-refractivity contribution >= 4 is 5.97 Å². The van der Waals surface area contributed by atoms with E-state index in [2.05, 4.69) is 11.7 Å². The van der Waals surface area contributed by atoms with E-state index >= 15 is 0 Å². The largest absolute Gasteiger partial charge is 0.460 e. The zero-order valence-electron chi connectivity index (χ0n) is 15.1. The summed E-state index contributed by atoms with van der Waals surface area (Å²) in [5, 5.41) is 0. The molecule has 26 heavy (non-hydrogen) atoms. The Labute approximate surface area is 149 Å². The Morgan fingerprint density at radius 2 is 1.23 bits per heavy atom. The van der Waals surface area contributed by atoms with Crippen molar-refractivity contribution in [3.05, 3.63) is 0 Å². The minimum atomic E-state index is -6.55. The molecule has 0 aliphatic carbocycles.